The molecule has 4 atom stereocenters. The highest BCUT2D eigenvalue weighted by Gasteiger charge is 2.53. The zero-order valence-electron chi connectivity index (χ0n) is 11.4. The Balaban J connectivity index is 1.90. The van der Waals surface area contributed by atoms with Crippen LogP contribution in [-0.2, 0) is 4.74 Å². The summed E-state index contributed by atoms with van der Waals surface area (Å²) in [5.74, 6) is 1.05. The summed E-state index contributed by atoms with van der Waals surface area (Å²) in [4.78, 5) is 0. The molecule has 0 unspecified atom stereocenters. The topological polar surface area (TPSA) is 32.8 Å². The van der Waals surface area contributed by atoms with Crippen molar-refractivity contribution in [3.63, 3.8) is 0 Å². The Morgan fingerprint density at radius 3 is 2.65 bits per heavy atom. The Hall–Kier alpha value is -0.340. The zero-order valence-corrected chi connectivity index (χ0v) is 11.4. The van der Waals surface area contributed by atoms with Crippen LogP contribution in [0.15, 0.2) is 11.6 Å². The van der Waals surface area contributed by atoms with Crippen molar-refractivity contribution in [3.8, 4) is 0 Å². The first kappa shape index (κ1) is 13.1. The maximum atomic E-state index is 10.2. The summed E-state index contributed by atoms with van der Waals surface area (Å²) in [6.45, 7) is 7.37. The van der Waals surface area contributed by atoms with E-state index in [2.05, 4.69) is 26.8 Å². The lowest BCUT2D eigenvalue weighted by atomic mass is 9.73. The summed E-state index contributed by atoms with van der Waals surface area (Å²) >= 11 is 0. The van der Waals surface area contributed by atoms with Crippen LogP contribution in [0.5, 0.6) is 0 Å². The molecule has 2 aliphatic rings. The third-order valence-electron chi connectivity index (χ3n) is 4.39. The summed E-state index contributed by atoms with van der Waals surface area (Å²) in [5.41, 5.74) is 1.39. The molecule has 17 heavy (non-hydrogen) atoms. The van der Waals surface area contributed by atoms with E-state index in [1.165, 1.54) is 12.0 Å². The normalized spacial score (nSPS) is 41.1. The van der Waals surface area contributed by atoms with Crippen molar-refractivity contribution in [1.82, 2.24) is 0 Å². The van der Waals surface area contributed by atoms with Gasteiger partial charge in [-0.05, 0) is 45.4 Å². The molecule has 1 aliphatic carbocycles. The summed E-state index contributed by atoms with van der Waals surface area (Å²) in [6.07, 6.45) is 7.63. The van der Waals surface area contributed by atoms with Crippen molar-refractivity contribution in [3.05, 3.63) is 11.6 Å². The average molecular weight is 238 g/mol. The van der Waals surface area contributed by atoms with Gasteiger partial charge in [-0.15, -0.1) is 0 Å². The molecule has 0 spiro atoms. The van der Waals surface area contributed by atoms with Crippen LogP contribution in [0.4, 0.5) is 0 Å². The number of ether oxygens (including phenoxy) is 1. The van der Waals surface area contributed by atoms with Gasteiger partial charge in [0.2, 0.25) is 0 Å². The van der Waals surface area contributed by atoms with E-state index < -0.39 is 0 Å². The van der Waals surface area contributed by atoms with Gasteiger partial charge in [-0.1, -0.05) is 25.0 Å². The van der Waals surface area contributed by atoms with E-state index in [0.29, 0.717) is 11.8 Å². The molecule has 0 aromatic carbocycles. The van der Waals surface area contributed by atoms with Crippen LogP contribution in [0, 0.1) is 11.8 Å². The molecule has 0 amide bonds. The number of aliphatic hydroxyl groups excluding tert-OH is 1. The second-order valence-corrected chi connectivity index (χ2v) is 6.27. The first-order valence-corrected chi connectivity index (χ1v) is 6.99. The summed E-state index contributed by atoms with van der Waals surface area (Å²) in [7, 11) is 0. The van der Waals surface area contributed by atoms with Gasteiger partial charge in [0.25, 0.3) is 0 Å². The number of epoxide rings is 1. The highest BCUT2D eigenvalue weighted by Crippen LogP contribution is 2.47. The third kappa shape index (κ3) is 3.11. The van der Waals surface area contributed by atoms with Gasteiger partial charge in [-0.2, -0.15) is 0 Å². The minimum Gasteiger partial charge on any atom is -0.393 e. The van der Waals surface area contributed by atoms with Crippen molar-refractivity contribution in [2.75, 3.05) is 6.61 Å². The first-order valence-electron chi connectivity index (χ1n) is 6.99. The number of hydrogen-bond donors (Lipinski definition) is 1. The largest absolute Gasteiger partial charge is 0.393 e. The van der Waals surface area contributed by atoms with Crippen molar-refractivity contribution in [2.24, 2.45) is 11.8 Å². The second kappa shape index (κ2) is 5.11. The van der Waals surface area contributed by atoms with Gasteiger partial charge in [0.15, 0.2) is 0 Å². The molecule has 2 fully saturated rings. The van der Waals surface area contributed by atoms with Crippen LogP contribution < -0.4 is 0 Å². The van der Waals surface area contributed by atoms with Gasteiger partial charge in [-0.3, -0.25) is 0 Å². The average Bonchev–Trinajstić information content (AvgIpc) is 2.98. The summed E-state index contributed by atoms with van der Waals surface area (Å²) in [5, 5.41) is 10.2. The molecule has 2 heteroatoms. The molecule has 2 rings (SSSR count). The first-order chi connectivity index (χ1) is 8.03. The van der Waals surface area contributed by atoms with E-state index >= 15 is 0 Å². The maximum absolute atomic E-state index is 10.2. The minimum atomic E-state index is -0.145. The Bertz CT molecular complexity index is 287. The van der Waals surface area contributed by atoms with Crippen LogP contribution in [0.3, 0.4) is 0 Å². The molecule has 0 radical (unpaired) electrons. The van der Waals surface area contributed by atoms with Crippen molar-refractivity contribution < 1.29 is 9.84 Å². The number of hydrogen-bond acceptors (Lipinski definition) is 2. The molecule has 98 valence electrons. The predicted molar refractivity (Wildman–Crippen MR) is 69.9 cm³/mol. The number of rotatable bonds is 4. The van der Waals surface area contributed by atoms with Crippen molar-refractivity contribution in [1.29, 1.82) is 0 Å². The predicted octanol–water partition coefficient (Wildman–Crippen LogP) is 3.30. The SMILES string of the molecule is CC(C)=CCC[C@]1([C@@H]2CC[C@@H](C)C[C@@H]2O)CO1. The molecule has 1 N–H and O–H groups in total. The standard InChI is InChI=1S/C15H26O2/c1-11(2)5-4-8-15(10-17-15)13-7-6-12(3)9-14(13)16/h5,12-14,16H,4,6-10H2,1-3H3/t12-,13-,14+,15-/m1/s1. The Kier molecular flexibility index (Phi) is 3.94. The fourth-order valence-corrected chi connectivity index (χ4v) is 3.21. The Labute approximate surface area is 105 Å². The molecular formula is C15H26O2. The van der Waals surface area contributed by atoms with Crippen LogP contribution >= 0.6 is 0 Å². The van der Waals surface area contributed by atoms with Crippen LogP contribution in [0.1, 0.15) is 52.9 Å². The van der Waals surface area contributed by atoms with E-state index in [1.807, 2.05) is 0 Å². The van der Waals surface area contributed by atoms with Crippen LogP contribution in [-0.4, -0.2) is 23.4 Å². The molecule has 1 saturated carbocycles. The minimum absolute atomic E-state index is 0.0194. The molecule has 0 aromatic heterocycles. The van der Waals surface area contributed by atoms with Crippen molar-refractivity contribution in [2.45, 2.75) is 64.6 Å². The lowest BCUT2D eigenvalue weighted by Crippen LogP contribution is -2.39. The molecule has 2 nitrogen and oxygen atoms in total. The Morgan fingerprint density at radius 1 is 1.41 bits per heavy atom. The highest BCUT2D eigenvalue weighted by atomic mass is 16.6. The van der Waals surface area contributed by atoms with Crippen LogP contribution in [0.25, 0.3) is 0 Å². The number of aliphatic hydroxyl groups is 1. The monoisotopic (exact) mass is 238 g/mol. The van der Waals surface area contributed by atoms with E-state index in [9.17, 15) is 5.11 Å². The van der Waals surface area contributed by atoms with Gasteiger partial charge in [0.05, 0.1) is 18.3 Å². The second-order valence-electron chi connectivity index (χ2n) is 6.27. The molecule has 0 aromatic rings. The molecular weight excluding hydrogens is 212 g/mol. The number of allylic oxidation sites excluding steroid dienone is 2. The molecule has 1 saturated heterocycles. The quantitative estimate of drug-likeness (QED) is 0.602. The fourth-order valence-electron chi connectivity index (χ4n) is 3.21. The van der Waals surface area contributed by atoms with E-state index in [4.69, 9.17) is 4.74 Å². The van der Waals surface area contributed by atoms with Gasteiger partial charge in [0.1, 0.15) is 0 Å². The summed E-state index contributed by atoms with van der Waals surface area (Å²) < 4.78 is 5.73. The summed E-state index contributed by atoms with van der Waals surface area (Å²) in [6, 6.07) is 0. The zero-order chi connectivity index (χ0) is 12.5. The van der Waals surface area contributed by atoms with Gasteiger partial charge >= 0.3 is 0 Å². The van der Waals surface area contributed by atoms with E-state index in [-0.39, 0.29) is 11.7 Å². The third-order valence-corrected chi connectivity index (χ3v) is 4.39. The fraction of sp³-hybridized carbons (Fsp3) is 0.867. The molecule has 0 bridgehead atoms. The van der Waals surface area contributed by atoms with E-state index in [1.54, 1.807) is 0 Å². The van der Waals surface area contributed by atoms with Gasteiger partial charge in [-0.25, -0.2) is 0 Å². The van der Waals surface area contributed by atoms with Gasteiger partial charge in [0, 0.05) is 5.92 Å². The molecule has 1 aliphatic heterocycles. The smallest absolute Gasteiger partial charge is 0.0972 e. The lowest BCUT2D eigenvalue weighted by Gasteiger charge is -2.35. The Morgan fingerprint density at radius 2 is 2.12 bits per heavy atom. The van der Waals surface area contributed by atoms with Crippen molar-refractivity contribution >= 4 is 0 Å². The molecule has 1 heterocycles. The van der Waals surface area contributed by atoms with Crippen LogP contribution in [0.2, 0.25) is 0 Å². The lowest BCUT2D eigenvalue weighted by molar-refractivity contribution is 0.00281. The maximum Gasteiger partial charge on any atom is 0.0972 e. The van der Waals surface area contributed by atoms with Gasteiger partial charge < -0.3 is 9.84 Å². The highest BCUT2D eigenvalue weighted by molar-refractivity contribution is 5.04. The van der Waals surface area contributed by atoms with E-state index in [0.717, 1.165) is 32.3 Å².